The summed E-state index contributed by atoms with van der Waals surface area (Å²) in [6, 6.07) is 7.96. The number of aromatic nitrogens is 1. The first-order chi connectivity index (χ1) is 10.2. The SMILES string of the molecule is CCC1CC1NC(=O)c1ccc(-c2nc(CCl)cs2)cc1. The average Bonchev–Trinajstić information content (AvgIpc) is 3.09. The Kier molecular flexibility index (Phi) is 4.27. The van der Waals surface area contributed by atoms with Gasteiger partial charge in [-0.1, -0.05) is 25.5 Å². The number of rotatable bonds is 5. The van der Waals surface area contributed by atoms with Crippen molar-refractivity contribution in [3.05, 3.63) is 40.9 Å². The molecule has 1 aliphatic rings. The molecule has 0 saturated heterocycles. The van der Waals surface area contributed by atoms with Crippen LogP contribution in [0.25, 0.3) is 10.6 Å². The van der Waals surface area contributed by atoms with Crippen molar-refractivity contribution in [2.45, 2.75) is 31.7 Å². The van der Waals surface area contributed by atoms with Gasteiger partial charge in [0.1, 0.15) is 5.01 Å². The van der Waals surface area contributed by atoms with Gasteiger partial charge in [0.25, 0.3) is 5.91 Å². The molecule has 110 valence electrons. The van der Waals surface area contributed by atoms with Crippen LogP contribution in [0.5, 0.6) is 0 Å². The van der Waals surface area contributed by atoms with E-state index in [0.29, 0.717) is 23.4 Å². The van der Waals surface area contributed by atoms with Crippen molar-refractivity contribution < 1.29 is 4.79 Å². The van der Waals surface area contributed by atoms with Crippen molar-refractivity contribution in [3.63, 3.8) is 0 Å². The van der Waals surface area contributed by atoms with Crippen molar-refractivity contribution in [1.29, 1.82) is 0 Å². The van der Waals surface area contributed by atoms with E-state index < -0.39 is 0 Å². The molecule has 2 unspecified atom stereocenters. The molecular formula is C16H17ClN2OS. The highest BCUT2D eigenvalue weighted by Gasteiger charge is 2.36. The molecule has 21 heavy (non-hydrogen) atoms. The number of carbonyl (C=O) groups excluding carboxylic acids is 1. The standard InChI is InChI=1S/C16H17ClN2OS/c1-2-10-7-14(10)19-15(20)11-3-5-12(6-4-11)16-18-13(8-17)9-21-16/h3-6,9-10,14H,2,7-8H2,1H3,(H,19,20). The van der Waals surface area contributed by atoms with Crippen molar-refractivity contribution in [1.82, 2.24) is 10.3 Å². The number of amides is 1. The number of alkyl halides is 1. The quantitative estimate of drug-likeness (QED) is 0.843. The molecule has 1 N–H and O–H groups in total. The molecule has 1 saturated carbocycles. The second-order valence-electron chi connectivity index (χ2n) is 5.34. The lowest BCUT2D eigenvalue weighted by Crippen LogP contribution is -2.26. The second-order valence-corrected chi connectivity index (χ2v) is 6.46. The van der Waals surface area contributed by atoms with Crippen LogP contribution in [0.1, 0.15) is 35.8 Å². The summed E-state index contributed by atoms with van der Waals surface area (Å²) in [5.41, 5.74) is 2.61. The third-order valence-corrected chi connectivity index (χ3v) is 5.06. The lowest BCUT2D eigenvalue weighted by Gasteiger charge is -2.05. The first kappa shape index (κ1) is 14.5. The predicted octanol–water partition coefficient (Wildman–Crippen LogP) is 4.08. The van der Waals surface area contributed by atoms with E-state index in [4.69, 9.17) is 11.6 Å². The summed E-state index contributed by atoms with van der Waals surface area (Å²) in [7, 11) is 0. The van der Waals surface area contributed by atoms with Crippen molar-refractivity contribution >= 4 is 28.8 Å². The van der Waals surface area contributed by atoms with E-state index in [1.54, 1.807) is 11.3 Å². The number of benzene rings is 1. The third kappa shape index (κ3) is 3.27. The Balaban J connectivity index is 1.67. The zero-order chi connectivity index (χ0) is 14.8. The van der Waals surface area contributed by atoms with E-state index in [1.165, 1.54) is 0 Å². The van der Waals surface area contributed by atoms with Gasteiger partial charge in [-0.25, -0.2) is 4.98 Å². The molecule has 5 heteroatoms. The fourth-order valence-electron chi connectivity index (χ4n) is 2.39. The van der Waals surface area contributed by atoms with Gasteiger partial charge in [0.15, 0.2) is 0 Å². The number of nitrogens with zero attached hydrogens (tertiary/aromatic N) is 1. The molecule has 1 aromatic heterocycles. The van der Waals surface area contributed by atoms with Crippen LogP contribution in [0.2, 0.25) is 0 Å². The largest absolute Gasteiger partial charge is 0.349 e. The van der Waals surface area contributed by atoms with Crippen LogP contribution in [-0.4, -0.2) is 16.9 Å². The summed E-state index contributed by atoms with van der Waals surface area (Å²) < 4.78 is 0. The second kappa shape index (κ2) is 6.16. The number of nitrogens with one attached hydrogen (secondary N) is 1. The fraction of sp³-hybridized carbons (Fsp3) is 0.375. The molecule has 3 nitrogen and oxygen atoms in total. The van der Waals surface area contributed by atoms with Gasteiger partial charge in [0, 0.05) is 22.5 Å². The monoisotopic (exact) mass is 320 g/mol. The smallest absolute Gasteiger partial charge is 0.251 e. The van der Waals surface area contributed by atoms with Gasteiger partial charge in [-0.15, -0.1) is 22.9 Å². The summed E-state index contributed by atoms with van der Waals surface area (Å²) in [5, 5.41) is 5.97. The summed E-state index contributed by atoms with van der Waals surface area (Å²) in [5.74, 6) is 1.11. The van der Waals surface area contributed by atoms with E-state index in [-0.39, 0.29) is 5.91 Å². The third-order valence-electron chi connectivity index (χ3n) is 3.85. The van der Waals surface area contributed by atoms with Gasteiger partial charge in [-0.05, 0) is 24.5 Å². The Morgan fingerprint density at radius 3 is 2.76 bits per heavy atom. The van der Waals surface area contributed by atoms with Gasteiger partial charge < -0.3 is 5.32 Å². The van der Waals surface area contributed by atoms with Crippen LogP contribution in [0.15, 0.2) is 29.6 Å². The van der Waals surface area contributed by atoms with Crippen LogP contribution in [0.3, 0.4) is 0 Å². The zero-order valence-electron chi connectivity index (χ0n) is 11.8. The highest BCUT2D eigenvalue weighted by Crippen LogP contribution is 2.33. The first-order valence-electron chi connectivity index (χ1n) is 7.13. The number of halogens is 1. The zero-order valence-corrected chi connectivity index (χ0v) is 13.4. The van der Waals surface area contributed by atoms with Gasteiger partial charge in [0.2, 0.25) is 0 Å². The summed E-state index contributed by atoms with van der Waals surface area (Å²) >= 11 is 7.33. The molecule has 2 aromatic rings. The van der Waals surface area contributed by atoms with Crippen molar-refractivity contribution in [3.8, 4) is 10.6 Å². The van der Waals surface area contributed by atoms with Crippen LogP contribution in [-0.2, 0) is 5.88 Å². The van der Waals surface area contributed by atoms with Gasteiger partial charge in [-0.2, -0.15) is 0 Å². The van der Waals surface area contributed by atoms with E-state index in [0.717, 1.165) is 29.1 Å². The van der Waals surface area contributed by atoms with Gasteiger partial charge in [-0.3, -0.25) is 4.79 Å². The highest BCUT2D eigenvalue weighted by atomic mass is 35.5. The normalized spacial score (nSPS) is 20.3. The average molecular weight is 321 g/mol. The molecular weight excluding hydrogens is 304 g/mol. The minimum atomic E-state index is 0.0167. The minimum absolute atomic E-state index is 0.0167. The predicted molar refractivity (Wildman–Crippen MR) is 86.8 cm³/mol. The lowest BCUT2D eigenvalue weighted by molar-refractivity contribution is 0.0949. The van der Waals surface area contributed by atoms with Gasteiger partial charge >= 0.3 is 0 Å². The molecule has 0 radical (unpaired) electrons. The molecule has 0 spiro atoms. The summed E-state index contributed by atoms with van der Waals surface area (Å²) in [6.07, 6.45) is 2.25. The Hall–Kier alpha value is -1.39. The van der Waals surface area contributed by atoms with Crippen LogP contribution < -0.4 is 5.32 Å². The number of carbonyl (C=O) groups is 1. The van der Waals surface area contributed by atoms with Crippen molar-refractivity contribution in [2.24, 2.45) is 5.92 Å². The Labute approximate surface area is 133 Å². The summed E-state index contributed by atoms with van der Waals surface area (Å²) in [4.78, 5) is 16.6. The van der Waals surface area contributed by atoms with Crippen LogP contribution in [0, 0.1) is 5.92 Å². The lowest BCUT2D eigenvalue weighted by atomic mass is 10.1. The topological polar surface area (TPSA) is 42.0 Å². The molecule has 1 fully saturated rings. The molecule has 2 atom stereocenters. The van der Waals surface area contributed by atoms with E-state index >= 15 is 0 Å². The highest BCUT2D eigenvalue weighted by molar-refractivity contribution is 7.13. The minimum Gasteiger partial charge on any atom is -0.349 e. The first-order valence-corrected chi connectivity index (χ1v) is 8.54. The Morgan fingerprint density at radius 2 is 2.19 bits per heavy atom. The van der Waals surface area contributed by atoms with E-state index in [1.807, 2.05) is 29.6 Å². The maximum Gasteiger partial charge on any atom is 0.251 e. The fourth-order valence-corrected chi connectivity index (χ4v) is 3.45. The Bertz CT molecular complexity index is 638. The van der Waals surface area contributed by atoms with Crippen molar-refractivity contribution in [2.75, 3.05) is 0 Å². The van der Waals surface area contributed by atoms with Crippen LogP contribution in [0.4, 0.5) is 0 Å². The molecule has 0 bridgehead atoms. The van der Waals surface area contributed by atoms with E-state index in [9.17, 15) is 4.79 Å². The molecule has 1 aliphatic carbocycles. The molecule has 3 rings (SSSR count). The van der Waals surface area contributed by atoms with Crippen LogP contribution >= 0.6 is 22.9 Å². The van der Waals surface area contributed by atoms with Gasteiger partial charge in [0.05, 0.1) is 11.6 Å². The summed E-state index contributed by atoms with van der Waals surface area (Å²) in [6.45, 7) is 2.16. The molecule has 1 heterocycles. The maximum absolute atomic E-state index is 12.1. The Morgan fingerprint density at radius 1 is 1.43 bits per heavy atom. The molecule has 1 aromatic carbocycles. The van der Waals surface area contributed by atoms with E-state index in [2.05, 4.69) is 17.2 Å². The molecule has 0 aliphatic heterocycles. The maximum atomic E-state index is 12.1. The number of hydrogen-bond acceptors (Lipinski definition) is 3. The molecule has 1 amide bonds. The number of thiazole rings is 1. The number of hydrogen-bond donors (Lipinski definition) is 1.